The largest absolute Gasteiger partial charge is 0.255 e. The summed E-state index contributed by atoms with van der Waals surface area (Å²) in [5.41, 5.74) is 3.06. The van der Waals surface area contributed by atoms with E-state index in [1.807, 2.05) is 43.3 Å². The summed E-state index contributed by atoms with van der Waals surface area (Å²) in [6, 6.07) is 11.4. The Morgan fingerprint density at radius 1 is 1.00 bits per heavy atom. The van der Waals surface area contributed by atoms with Gasteiger partial charge in [-0.25, -0.2) is 9.97 Å². The minimum atomic E-state index is 0.0171. The number of aromatic nitrogens is 2. The smallest absolute Gasteiger partial charge is 0.177 e. The van der Waals surface area contributed by atoms with Gasteiger partial charge < -0.3 is 0 Å². The van der Waals surface area contributed by atoms with Crippen molar-refractivity contribution in [3.63, 3.8) is 0 Å². The summed E-state index contributed by atoms with van der Waals surface area (Å²) >= 11 is 0. The molecule has 1 aromatic carbocycles. The molecule has 0 aliphatic heterocycles. The van der Waals surface area contributed by atoms with Crippen molar-refractivity contribution in [2.24, 2.45) is 4.99 Å². The summed E-state index contributed by atoms with van der Waals surface area (Å²) in [5, 5.41) is 17.8. The third-order valence-corrected chi connectivity index (χ3v) is 2.69. The highest BCUT2D eigenvalue weighted by Crippen LogP contribution is 2.13. The molecule has 2 rings (SSSR count). The number of hydrogen-bond donors (Lipinski definition) is 0. The Morgan fingerprint density at radius 2 is 1.60 bits per heavy atom. The molecule has 0 atom stereocenters. The van der Waals surface area contributed by atoms with Crippen molar-refractivity contribution in [3.05, 3.63) is 52.6 Å². The third kappa shape index (κ3) is 2.85. The van der Waals surface area contributed by atoms with Gasteiger partial charge in [-0.15, -0.1) is 0 Å². The fourth-order valence-electron chi connectivity index (χ4n) is 1.58. The van der Waals surface area contributed by atoms with Gasteiger partial charge in [-0.05, 0) is 26.0 Å². The monoisotopic (exact) mass is 261 g/mol. The number of aliphatic imine (C=N–C) groups is 1. The molecule has 2 aromatic rings. The van der Waals surface area contributed by atoms with E-state index in [4.69, 9.17) is 10.5 Å². The molecule has 0 radical (unpaired) electrons. The van der Waals surface area contributed by atoms with E-state index >= 15 is 0 Å². The van der Waals surface area contributed by atoms with Crippen molar-refractivity contribution >= 4 is 11.9 Å². The lowest BCUT2D eigenvalue weighted by atomic mass is 10.2. The number of nitriles is 2. The second-order valence-corrected chi connectivity index (χ2v) is 4.21. The van der Waals surface area contributed by atoms with Crippen molar-refractivity contribution in [2.45, 2.75) is 13.8 Å². The van der Waals surface area contributed by atoms with Gasteiger partial charge in [-0.2, -0.15) is 10.5 Å². The van der Waals surface area contributed by atoms with Crippen LogP contribution in [0.2, 0.25) is 0 Å². The molecule has 0 N–H and O–H groups in total. The molecule has 0 aliphatic carbocycles. The highest BCUT2D eigenvalue weighted by atomic mass is 14.9. The maximum Gasteiger partial charge on any atom is 0.177 e. The summed E-state index contributed by atoms with van der Waals surface area (Å²) < 4.78 is 0. The van der Waals surface area contributed by atoms with Gasteiger partial charge in [-0.1, -0.05) is 17.7 Å². The van der Waals surface area contributed by atoms with Crippen LogP contribution in [0.15, 0.2) is 29.3 Å². The number of hydrogen-bond acceptors (Lipinski definition) is 5. The topological polar surface area (TPSA) is 85.7 Å². The van der Waals surface area contributed by atoms with Gasteiger partial charge in [-0.3, -0.25) is 4.99 Å². The molecular formula is C15H11N5. The molecule has 20 heavy (non-hydrogen) atoms. The van der Waals surface area contributed by atoms with E-state index in [-0.39, 0.29) is 11.4 Å². The van der Waals surface area contributed by atoms with Crippen LogP contribution in [0.25, 0.3) is 0 Å². The predicted molar refractivity (Wildman–Crippen MR) is 74.6 cm³/mol. The lowest BCUT2D eigenvalue weighted by molar-refractivity contribution is 1.06. The second-order valence-electron chi connectivity index (χ2n) is 4.21. The first-order valence-corrected chi connectivity index (χ1v) is 5.93. The average Bonchev–Trinajstić information content (AvgIpc) is 2.47. The SMILES string of the molecule is Cc1ccc(N=Cc2nc(C#N)c(C#N)nc2C)cc1. The van der Waals surface area contributed by atoms with Gasteiger partial charge in [0.2, 0.25) is 0 Å². The maximum atomic E-state index is 8.93. The van der Waals surface area contributed by atoms with Crippen molar-refractivity contribution in [3.8, 4) is 12.1 Å². The summed E-state index contributed by atoms with van der Waals surface area (Å²) in [5.74, 6) is 0. The number of benzene rings is 1. The van der Waals surface area contributed by atoms with Gasteiger partial charge in [0.15, 0.2) is 11.4 Å². The van der Waals surface area contributed by atoms with Gasteiger partial charge in [0.05, 0.1) is 17.6 Å². The highest BCUT2D eigenvalue weighted by Gasteiger charge is 2.08. The molecule has 1 aromatic heterocycles. The molecule has 0 saturated heterocycles. The second kappa shape index (κ2) is 5.73. The standard InChI is InChI=1S/C15H11N5/c1-10-3-5-12(6-4-10)18-9-15-11(2)19-13(7-16)14(8-17)20-15/h3-6,9H,1-2H3. The van der Waals surface area contributed by atoms with Crippen molar-refractivity contribution in [2.75, 3.05) is 0 Å². The molecule has 0 fully saturated rings. The molecule has 0 aliphatic rings. The Kier molecular flexibility index (Phi) is 3.83. The molecular weight excluding hydrogens is 250 g/mol. The number of rotatable bonds is 2. The van der Waals surface area contributed by atoms with Crippen LogP contribution in [0.3, 0.4) is 0 Å². The van der Waals surface area contributed by atoms with Crippen LogP contribution in [0, 0.1) is 36.5 Å². The third-order valence-electron chi connectivity index (χ3n) is 2.69. The molecule has 0 saturated carbocycles. The van der Waals surface area contributed by atoms with Gasteiger partial charge in [0, 0.05) is 0 Å². The Bertz CT molecular complexity index is 746. The Labute approximate surface area is 116 Å². The predicted octanol–water partition coefficient (Wildman–Crippen LogP) is 2.59. The van der Waals surface area contributed by atoms with E-state index in [1.165, 1.54) is 0 Å². The summed E-state index contributed by atoms with van der Waals surface area (Å²) in [7, 11) is 0. The lowest BCUT2D eigenvalue weighted by Gasteiger charge is -2.00. The van der Waals surface area contributed by atoms with Crippen molar-refractivity contribution < 1.29 is 0 Å². The van der Waals surface area contributed by atoms with Crippen molar-refractivity contribution in [1.82, 2.24) is 9.97 Å². The highest BCUT2D eigenvalue weighted by molar-refractivity contribution is 5.81. The normalized spacial score (nSPS) is 10.2. The quantitative estimate of drug-likeness (QED) is 0.777. The molecule has 96 valence electrons. The van der Waals surface area contributed by atoms with E-state index in [1.54, 1.807) is 13.1 Å². The first-order chi connectivity index (χ1) is 9.63. The molecule has 5 nitrogen and oxygen atoms in total. The van der Waals surface area contributed by atoms with E-state index in [9.17, 15) is 0 Å². The van der Waals surface area contributed by atoms with Gasteiger partial charge in [0.25, 0.3) is 0 Å². The molecule has 0 unspecified atom stereocenters. The molecule has 0 bridgehead atoms. The van der Waals surface area contributed by atoms with Crippen LogP contribution in [-0.2, 0) is 0 Å². The zero-order valence-corrected chi connectivity index (χ0v) is 11.1. The van der Waals surface area contributed by atoms with Crippen LogP contribution in [-0.4, -0.2) is 16.2 Å². The van der Waals surface area contributed by atoms with Crippen LogP contribution in [0.5, 0.6) is 0 Å². The minimum absolute atomic E-state index is 0.0171. The first kappa shape index (κ1) is 13.4. The Balaban J connectivity index is 2.37. The average molecular weight is 261 g/mol. The molecule has 5 heteroatoms. The summed E-state index contributed by atoms with van der Waals surface area (Å²) in [6.07, 6.45) is 1.55. The van der Waals surface area contributed by atoms with Gasteiger partial charge in [0.1, 0.15) is 17.8 Å². The van der Waals surface area contributed by atoms with E-state index in [2.05, 4.69) is 15.0 Å². The zero-order chi connectivity index (χ0) is 14.5. The van der Waals surface area contributed by atoms with E-state index in [0.717, 1.165) is 11.3 Å². The van der Waals surface area contributed by atoms with E-state index < -0.39 is 0 Å². The van der Waals surface area contributed by atoms with Crippen LogP contribution in [0.4, 0.5) is 5.69 Å². The van der Waals surface area contributed by atoms with Crippen LogP contribution < -0.4 is 0 Å². The summed E-state index contributed by atoms with van der Waals surface area (Å²) in [4.78, 5) is 12.4. The fraction of sp³-hybridized carbons (Fsp3) is 0.133. The minimum Gasteiger partial charge on any atom is -0.255 e. The molecule has 0 amide bonds. The van der Waals surface area contributed by atoms with Gasteiger partial charge >= 0.3 is 0 Å². The number of nitrogens with zero attached hydrogens (tertiary/aromatic N) is 5. The maximum absolute atomic E-state index is 8.93. The fourth-order valence-corrected chi connectivity index (χ4v) is 1.58. The van der Waals surface area contributed by atoms with Crippen molar-refractivity contribution in [1.29, 1.82) is 10.5 Å². The van der Waals surface area contributed by atoms with Crippen LogP contribution >= 0.6 is 0 Å². The summed E-state index contributed by atoms with van der Waals surface area (Å²) in [6.45, 7) is 3.73. The van der Waals surface area contributed by atoms with Crippen LogP contribution in [0.1, 0.15) is 28.3 Å². The number of aryl methyl sites for hydroxylation is 2. The van der Waals surface area contributed by atoms with E-state index in [0.29, 0.717) is 11.4 Å². The Morgan fingerprint density at radius 3 is 2.20 bits per heavy atom. The zero-order valence-electron chi connectivity index (χ0n) is 11.1. The Hall–Kier alpha value is -3.05. The first-order valence-electron chi connectivity index (χ1n) is 5.93. The molecule has 1 heterocycles. The lowest BCUT2D eigenvalue weighted by Crippen LogP contribution is -2.03. The molecule has 0 spiro atoms.